The normalized spacial score (nSPS) is 14.6. The summed E-state index contributed by atoms with van der Waals surface area (Å²) >= 11 is 8.08. The Morgan fingerprint density at radius 2 is 1.94 bits per heavy atom. The van der Waals surface area contributed by atoms with Crippen LogP contribution in [-0.4, -0.2) is 28.4 Å². The first kappa shape index (κ1) is 25.7. The maximum Gasteiger partial charge on any atom is 0.288 e. The van der Waals surface area contributed by atoms with Crippen LogP contribution in [-0.2, 0) is 0 Å². The standard InChI is InChI=1S/C25H22ClIN4O5/c1-2-3-12-36-18-8-4-15(5-9-18)24(32)29-30-23(16-6-10-20(26)22(13-16)31(34)35)28-21-11-7-17(27)14-19(21)25(30)33/h4-11,13-14,23,28H,2-3,12H2,1H3,(H,29,32)/t23-/m0/s1. The second-order valence-corrected chi connectivity index (χ2v) is 9.70. The Hall–Kier alpha value is -3.38. The molecule has 4 rings (SSSR count). The molecule has 1 aliphatic rings. The summed E-state index contributed by atoms with van der Waals surface area (Å²) in [5, 5.41) is 15.8. The zero-order chi connectivity index (χ0) is 25.8. The fourth-order valence-corrected chi connectivity index (χ4v) is 4.35. The topological polar surface area (TPSA) is 114 Å². The number of hydrazine groups is 1. The van der Waals surface area contributed by atoms with Crippen molar-refractivity contribution in [3.63, 3.8) is 0 Å². The highest BCUT2D eigenvalue weighted by Crippen LogP contribution is 2.35. The van der Waals surface area contributed by atoms with Crippen LogP contribution in [0.4, 0.5) is 11.4 Å². The van der Waals surface area contributed by atoms with Crippen LogP contribution < -0.4 is 15.5 Å². The lowest BCUT2D eigenvalue weighted by Crippen LogP contribution is -2.52. The largest absolute Gasteiger partial charge is 0.494 e. The Morgan fingerprint density at radius 3 is 2.64 bits per heavy atom. The molecule has 2 N–H and O–H groups in total. The van der Waals surface area contributed by atoms with Gasteiger partial charge in [-0.3, -0.25) is 25.1 Å². The molecule has 3 aromatic carbocycles. The van der Waals surface area contributed by atoms with Crippen LogP contribution in [0.1, 0.15) is 52.2 Å². The van der Waals surface area contributed by atoms with Crippen molar-refractivity contribution in [2.45, 2.75) is 25.9 Å². The summed E-state index contributed by atoms with van der Waals surface area (Å²) in [4.78, 5) is 37.5. The molecule has 1 heterocycles. The van der Waals surface area contributed by atoms with Gasteiger partial charge in [-0.2, -0.15) is 0 Å². The minimum atomic E-state index is -0.915. The quantitative estimate of drug-likeness (QED) is 0.139. The lowest BCUT2D eigenvalue weighted by Gasteiger charge is -2.37. The Balaban J connectivity index is 1.65. The van der Waals surface area contributed by atoms with Crippen LogP contribution >= 0.6 is 34.2 Å². The summed E-state index contributed by atoms with van der Waals surface area (Å²) in [6.07, 6.45) is 1.02. The number of rotatable bonds is 8. The lowest BCUT2D eigenvalue weighted by molar-refractivity contribution is -0.384. The van der Waals surface area contributed by atoms with E-state index in [-0.39, 0.29) is 10.7 Å². The zero-order valence-corrected chi connectivity index (χ0v) is 22.1. The summed E-state index contributed by atoms with van der Waals surface area (Å²) in [7, 11) is 0. The van der Waals surface area contributed by atoms with Gasteiger partial charge in [0.15, 0.2) is 0 Å². The average Bonchev–Trinajstić information content (AvgIpc) is 2.86. The first-order valence-corrected chi connectivity index (χ1v) is 12.6. The zero-order valence-electron chi connectivity index (χ0n) is 19.2. The molecular formula is C25H22ClIN4O5. The number of unbranched alkanes of at least 4 members (excludes halogenated alkanes) is 1. The summed E-state index contributed by atoms with van der Waals surface area (Å²) in [5.41, 5.74) is 3.97. The van der Waals surface area contributed by atoms with E-state index in [4.69, 9.17) is 16.3 Å². The molecule has 0 saturated carbocycles. The van der Waals surface area contributed by atoms with Crippen molar-refractivity contribution in [1.82, 2.24) is 10.4 Å². The number of anilines is 1. The van der Waals surface area contributed by atoms with Gasteiger partial charge in [0.25, 0.3) is 17.5 Å². The maximum absolute atomic E-state index is 13.5. The first-order chi connectivity index (χ1) is 17.3. The predicted octanol–water partition coefficient (Wildman–Crippen LogP) is 5.94. The second kappa shape index (κ2) is 11.1. The Kier molecular flexibility index (Phi) is 7.94. The van der Waals surface area contributed by atoms with E-state index < -0.39 is 22.9 Å². The average molecular weight is 621 g/mol. The smallest absolute Gasteiger partial charge is 0.288 e. The van der Waals surface area contributed by atoms with Gasteiger partial charge in [-0.25, -0.2) is 5.01 Å². The van der Waals surface area contributed by atoms with E-state index in [1.54, 1.807) is 42.5 Å². The van der Waals surface area contributed by atoms with Crippen molar-refractivity contribution >= 4 is 57.4 Å². The highest BCUT2D eigenvalue weighted by atomic mass is 127. The first-order valence-electron chi connectivity index (χ1n) is 11.2. The number of nitro benzene ring substituents is 1. The lowest BCUT2D eigenvalue weighted by atomic mass is 10.0. The molecule has 0 saturated heterocycles. The molecule has 11 heteroatoms. The minimum Gasteiger partial charge on any atom is -0.494 e. The molecule has 0 aromatic heterocycles. The number of benzene rings is 3. The molecule has 0 radical (unpaired) electrons. The molecule has 9 nitrogen and oxygen atoms in total. The summed E-state index contributed by atoms with van der Waals surface area (Å²) in [6, 6.07) is 16.1. The van der Waals surface area contributed by atoms with Gasteiger partial charge in [-0.15, -0.1) is 0 Å². The van der Waals surface area contributed by atoms with Gasteiger partial charge in [0, 0.05) is 26.5 Å². The Bertz CT molecular complexity index is 1320. The van der Waals surface area contributed by atoms with Gasteiger partial charge in [-0.05, 0) is 77.5 Å². The fraction of sp³-hybridized carbons (Fsp3) is 0.200. The van der Waals surface area contributed by atoms with Crippen molar-refractivity contribution in [2.75, 3.05) is 11.9 Å². The van der Waals surface area contributed by atoms with Gasteiger partial charge < -0.3 is 10.1 Å². The van der Waals surface area contributed by atoms with E-state index in [1.165, 1.54) is 12.1 Å². The number of nitrogens with one attached hydrogen (secondary N) is 2. The number of halogens is 2. The van der Waals surface area contributed by atoms with Crippen LogP contribution in [0.2, 0.25) is 5.02 Å². The molecule has 0 spiro atoms. The number of hydrogen-bond acceptors (Lipinski definition) is 6. The highest BCUT2D eigenvalue weighted by molar-refractivity contribution is 14.1. The number of ether oxygens (including phenoxy) is 1. The van der Waals surface area contributed by atoms with E-state index in [0.717, 1.165) is 21.4 Å². The van der Waals surface area contributed by atoms with Gasteiger partial charge >= 0.3 is 0 Å². The minimum absolute atomic E-state index is 0.0299. The molecule has 186 valence electrons. The van der Waals surface area contributed by atoms with Crippen molar-refractivity contribution in [3.8, 4) is 5.75 Å². The molecule has 0 fully saturated rings. The number of nitrogens with zero attached hydrogens (tertiary/aromatic N) is 2. The van der Waals surface area contributed by atoms with Crippen LogP contribution in [0.5, 0.6) is 5.75 Å². The van der Waals surface area contributed by atoms with Crippen LogP contribution in [0, 0.1) is 13.7 Å². The molecule has 0 unspecified atom stereocenters. The number of carbonyl (C=O) groups is 2. The van der Waals surface area contributed by atoms with Crippen molar-refractivity contribution in [1.29, 1.82) is 0 Å². The Morgan fingerprint density at radius 1 is 1.19 bits per heavy atom. The van der Waals surface area contributed by atoms with E-state index in [2.05, 4.69) is 40.3 Å². The maximum atomic E-state index is 13.5. The van der Waals surface area contributed by atoms with Gasteiger partial charge in [0.2, 0.25) is 0 Å². The van der Waals surface area contributed by atoms with Gasteiger partial charge in [0.05, 0.1) is 17.1 Å². The van der Waals surface area contributed by atoms with E-state index in [9.17, 15) is 19.7 Å². The van der Waals surface area contributed by atoms with Gasteiger partial charge in [-0.1, -0.05) is 31.0 Å². The SMILES string of the molecule is CCCCOc1ccc(C(=O)NN2C(=O)c3cc(I)ccc3N[C@@H]2c2ccc(Cl)c([N+](=O)[O-])c2)cc1. The molecule has 0 bridgehead atoms. The van der Waals surface area contributed by atoms with Crippen molar-refractivity contribution in [3.05, 3.63) is 96.1 Å². The number of amides is 2. The third kappa shape index (κ3) is 5.54. The van der Waals surface area contributed by atoms with Crippen LogP contribution in [0.3, 0.4) is 0 Å². The van der Waals surface area contributed by atoms with E-state index >= 15 is 0 Å². The highest BCUT2D eigenvalue weighted by Gasteiger charge is 2.35. The molecule has 2 amide bonds. The molecular weight excluding hydrogens is 599 g/mol. The molecule has 0 aliphatic carbocycles. The van der Waals surface area contributed by atoms with E-state index in [1.807, 2.05) is 6.07 Å². The molecule has 36 heavy (non-hydrogen) atoms. The predicted molar refractivity (Wildman–Crippen MR) is 144 cm³/mol. The number of fused-ring (bicyclic) bond motifs is 1. The van der Waals surface area contributed by atoms with Crippen molar-refractivity contribution < 1.29 is 19.2 Å². The van der Waals surface area contributed by atoms with Crippen molar-refractivity contribution in [2.24, 2.45) is 0 Å². The number of hydrogen-bond donors (Lipinski definition) is 2. The third-order valence-electron chi connectivity index (χ3n) is 5.57. The van der Waals surface area contributed by atoms with Crippen LogP contribution in [0.25, 0.3) is 0 Å². The number of nitro groups is 1. The summed E-state index contributed by atoms with van der Waals surface area (Å²) in [6.45, 7) is 2.66. The second-order valence-electron chi connectivity index (χ2n) is 8.05. The molecule has 1 aliphatic heterocycles. The third-order valence-corrected chi connectivity index (χ3v) is 6.56. The summed E-state index contributed by atoms with van der Waals surface area (Å²) in [5.74, 6) is -0.337. The Labute approximate surface area is 226 Å². The van der Waals surface area contributed by atoms with Gasteiger partial charge in [0.1, 0.15) is 16.9 Å². The summed E-state index contributed by atoms with van der Waals surface area (Å²) < 4.78 is 6.48. The van der Waals surface area contributed by atoms with E-state index in [0.29, 0.717) is 34.7 Å². The molecule has 1 atom stereocenters. The monoisotopic (exact) mass is 620 g/mol. The van der Waals surface area contributed by atoms with Crippen LogP contribution in [0.15, 0.2) is 60.7 Å². The molecule has 3 aromatic rings. The fourth-order valence-electron chi connectivity index (χ4n) is 3.68. The number of carbonyl (C=O) groups excluding carboxylic acids is 2.